The molecular formula is C16H15N3O3S. The Morgan fingerprint density at radius 3 is 2.74 bits per heavy atom. The highest BCUT2D eigenvalue weighted by Gasteiger charge is 2.25. The number of hydrogen-bond acceptors (Lipinski definition) is 5. The van der Waals surface area contributed by atoms with Gasteiger partial charge in [0.1, 0.15) is 5.60 Å². The molecule has 1 unspecified atom stereocenters. The Balaban J connectivity index is 1.85. The number of aliphatic hydroxyl groups is 1. The van der Waals surface area contributed by atoms with Gasteiger partial charge in [-0.3, -0.25) is 9.59 Å². The van der Waals surface area contributed by atoms with Gasteiger partial charge in [0.05, 0.1) is 11.9 Å². The SMILES string of the molecule is CC(O)(CNC(=O)c1n[nH]c(=O)c2ccccc12)c1cccs1. The van der Waals surface area contributed by atoms with Crippen molar-refractivity contribution in [2.45, 2.75) is 12.5 Å². The van der Waals surface area contributed by atoms with Crippen LogP contribution in [0.3, 0.4) is 0 Å². The highest BCUT2D eigenvalue weighted by molar-refractivity contribution is 7.10. The Morgan fingerprint density at radius 2 is 2.04 bits per heavy atom. The maximum atomic E-state index is 12.4. The summed E-state index contributed by atoms with van der Waals surface area (Å²) in [5, 5.41) is 22.0. The summed E-state index contributed by atoms with van der Waals surface area (Å²) in [6, 6.07) is 10.4. The average Bonchev–Trinajstić information content (AvgIpc) is 3.09. The van der Waals surface area contributed by atoms with E-state index in [-0.39, 0.29) is 17.8 Å². The maximum absolute atomic E-state index is 12.4. The van der Waals surface area contributed by atoms with Crippen LogP contribution in [-0.4, -0.2) is 27.8 Å². The summed E-state index contributed by atoms with van der Waals surface area (Å²) in [4.78, 5) is 24.9. The standard InChI is InChI=1S/C16H15N3O3S/c1-16(22,12-7-4-8-23-12)9-17-15(21)13-10-5-2-3-6-11(10)14(20)19-18-13/h2-8,22H,9H2,1H3,(H,17,21)(H,19,20). The Bertz CT molecular complexity index is 900. The minimum atomic E-state index is -1.16. The van der Waals surface area contributed by atoms with Gasteiger partial charge >= 0.3 is 0 Å². The fraction of sp³-hybridized carbons (Fsp3) is 0.188. The molecule has 1 amide bonds. The van der Waals surface area contributed by atoms with Crippen molar-refractivity contribution in [1.29, 1.82) is 0 Å². The van der Waals surface area contributed by atoms with Gasteiger partial charge in [-0.1, -0.05) is 24.3 Å². The molecule has 118 valence electrons. The second kappa shape index (κ2) is 5.94. The Kier molecular flexibility index (Phi) is 3.97. The van der Waals surface area contributed by atoms with Crippen LogP contribution in [0.1, 0.15) is 22.3 Å². The van der Waals surface area contributed by atoms with Crippen LogP contribution in [0.2, 0.25) is 0 Å². The fourth-order valence-electron chi connectivity index (χ4n) is 2.30. The molecule has 0 bridgehead atoms. The predicted molar refractivity (Wildman–Crippen MR) is 88.6 cm³/mol. The topological polar surface area (TPSA) is 95.1 Å². The van der Waals surface area contributed by atoms with Crippen molar-refractivity contribution in [2.75, 3.05) is 6.54 Å². The van der Waals surface area contributed by atoms with Gasteiger partial charge in [0.25, 0.3) is 11.5 Å². The van der Waals surface area contributed by atoms with Crippen LogP contribution in [0.4, 0.5) is 0 Å². The zero-order valence-corrected chi connectivity index (χ0v) is 13.2. The van der Waals surface area contributed by atoms with Gasteiger partial charge in [-0.25, -0.2) is 5.10 Å². The molecule has 0 radical (unpaired) electrons. The van der Waals surface area contributed by atoms with Crippen LogP contribution in [-0.2, 0) is 5.60 Å². The first kappa shape index (κ1) is 15.4. The van der Waals surface area contributed by atoms with Gasteiger partial charge in [-0.2, -0.15) is 5.10 Å². The number of hydrogen-bond donors (Lipinski definition) is 3. The van der Waals surface area contributed by atoms with Crippen LogP contribution in [0.15, 0.2) is 46.6 Å². The summed E-state index contributed by atoms with van der Waals surface area (Å²) >= 11 is 1.42. The van der Waals surface area contributed by atoms with E-state index in [2.05, 4.69) is 15.5 Å². The average molecular weight is 329 g/mol. The summed E-state index contributed by atoms with van der Waals surface area (Å²) in [7, 11) is 0. The molecule has 0 aliphatic carbocycles. The van der Waals surface area contributed by atoms with Crippen molar-refractivity contribution in [3.8, 4) is 0 Å². The zero-order valence-electron chi connectivity index (χ0n) is 12.4. The van der Waals surface area contributed by atoms with E-state index < -0.39 is 11.5 Å². The summed E-state index contributed by atoms with van der Waals surface area (Å²) in [5.41, 5.74) is -1.38. The van der Waals surface area contributed by atoms with Crippen molar-refractivity contribution >= 4 is 28.0 Å². The van der Waals surface area contributed by atoms with Crippen molar-refractivity contribution in [1.82, 2.24) is 15.5 Å². The van der Waals surface area contributed by atoms with Crippen molar-refractivity contribution < 1.29 is 9.90 Å². The van der Waals surface area contributed by atoms with E-state index in [0.717, 1.165) is 4.88 Å². The minimum absolute atomic E-state index is 0.0431. The van der Waals surface area contributed by atoms with Gasteiger partial charge in [0.15, 0.2) is 5.69 Å². The van der Waals surface area contributed by atoms with Gasteiger partial charge in [-0.05, 0) is 24.4 Å². The second-order valence-corrected chi connectivity index (χ2v) is 6.33. The Hall–Kier alpha value is -2.51. The lowest BCUT2D eigenvalue weighted by Crippen LogP contribution is -2.38. The molecule has 3 aromatic rings. The molecular weight excluding hydrogens is 314 g/mol. The zero-order chi connectivity index (χ0) is 16.4. The molecule has 1 atom stereocenters. The third-order valence-electron chi connectivity index (χ3n) is 3.56. The summed E-state index contributed by atoms with van der Waals surface area (Å²) < 4.78 is 0. The first-order valence-electron chi connectivity index (χ1n) is 7.01. The third kappa shape index (κ3) is 3.01. The number of benzene rings is 1. The van der Waals surface area contributed by atoms with E-state index >= 15 is 0 Å². The van der Waals surface area contributed by atoms with Gasteiger partial charge < -0.3 is 10.4 Å². The molecule has 0 saturated heterocycles. The fourth-order valence-corrected chi connectivity index (χ4v) is 3.08. The number of thiophene rings is 1. The highest BCUT2D eigenvalue weighted by Crippen LogP contribution is 2.24. The number of aromatic nitrogens is 2. The largest absolute Gasteiger partial charge is 0.383 e. The third-order valence-corrected chi connectivity index (χ3v) is 4.68. The Morgan fingerprint density at radius 1 is 1.30 bits per heavy atom. The van der Waals surface area contributed by atoms with E-state index in [1.807, 2.05) is 17.5 Å². The minimum Gasteiger partial charge on any atom is -0.383 e. The molecule has 0 spiro atoms. The molecule has 3 N–H and O–H groups in total. The molecule has 23 heavy (non-hydrogen) atoms. The number of carbonyl (C=O) groups excluding carboxylic acids is 1. The first-order chi connectivity index (χ1) is 11.0. The summed E-state index contributed by atoms with van der Waals surface area (Å²) in [6.45, 7) is 1.68. The molecule has 7 heteroatoms. The number of amides is 1. The Labute approximate surface area is 135 Å². The monoisotopic (exact) mass is 329 g/mol. The van der Waals surface area contributed by atoms with Crippen molar-refractivity contribution in [2.24, 2.45) is 0 Å². The van der Waals surface area contributed by atoms with E-state index in [1.54, 1.807) is 31.2 Å². The van der Waals surface area contributed by atoms with Crippen LogP contribution in [0.25, 0.3) is 10.8 Å². The van der Waals surface area contributed by atoms with E-state index in [4.69, 9.17) is 0 Å². The smallest absolute Gasteiger partial charge is 0.272 e. The van der Waals surface area contributed by atoms with E-state index in [0.29, 0.717) is 10.8 Å². The highest BCUT2D eigenvalue weighted by atomic mass is 32.1. The van der Waals surface area contributed by atoms with E-state index in [9.17, 15) is 14.7 Å². The van der Waals surface area contributed by atoms with Crippen LogP contribution >= 0.6 is 11.3 Å². The lowest BCUT2D eigenvalue weighted by Gasteiger charge is -2.22. The molecule has 0 saturated carbocycles. The molecule has 2 heterocycles. The molecule has 1 aromatic carbocycles. The first-order valence-corrected chi connectivity index (χ1v) is 7.89. The number of fused-ring (bicyclic) bond motifs is 1. The van der Waals surface area contributed by atoms with Crippen molar-refractivity contribution in [3.63, 3.8) is 0 Å². The van der Waals surface area contributed by atoms with Gasteiger partial charge in [0.2, 0.25) is 0 Å². The summed E-state index contributed by atoms with van der Waals surface area (Å²) in [6.07, 6.45) is 0. The van der Waals surface area contributed by atoms with Crippen LogP contribution < -0.4 is 10.9 Å². The van der Waals surface area contributed by atoms with Crippen LogP contribution in [0, 0.1) is 0 Å². The molecule has 0 aliphatic rings. The second-order valence-electron chi connectivity index (χ2n) is 5.38. The van der Waals surface area contributed by atoms with E-state index in [1.165, 1.54) is 11.3 Å². The molecule has 6 nitrogen and oxygen atoms in total. The number of nitrogens with zero attached hydrogens (tertiary/aromatic N) is 1. The quantitative estimate of drug-likeness (QED) is 0.678. The lowest BCUT2D eigenvalue weighted by molar-refractivity contribution is 0.0555. The summed E-state index contributed by atoms with van der Waals surface area (Å²) in [5.74, 6) is -0.450. The number of aromatic amines is 1. The van der Waals surface area contributed by atoms with Crippen LogP contribution in [0.5, 0.6) is 0 Å². The normalized spacial score (nSPS) is 13.7. The molecule has 0 fully saturated rings. The molecule has 2 aromatic heterocycles. The molecule has 3 rings (SSSR count). The predicted octanol–water partition coefficient (Wildman–Crippen LogP) is 1.62. The lowest BCUT2D eigenvalue weighted by atomic mass is 10.0. The number of H-pyrrole nitrogens is 1. The molecule has 0 aliphatic heterocycles. The van der Waals surface area contributed by atoms with Crippen molar-refractivity contribution in [3.05, 3.63) is 62.7 Å². The number of rotatable bonds is 4. The number of carbonyl (C=O) groups is 1. The maximum Gasteiger partial charge on any atom is 0.272 e. The van der Waals surface area contributed by atoms with Gasteiger partial charge in [0, 0.05) is 10.3 Å². The number of nitrogens with one attached hydrogen (secondary N) is 2. The van der Waals surface area contributed by atoms with Gasteiger partial charge in [-0.15, -0.1) is 11.3 Å².